The Morgan fingerprint density at radius 1 is 0.373 bits per heavy atom. The molecule has 4 aromatic heterocycles. The Kier molecular flexibility index (Phi) is 6.05. The average molecular weight is 672 g/mol. The highest BCUT2D eigenvalue weighted by molar-refractivity contribution is 7.26. The van der Waals surface area contributed by atoms with E-state index in [1.165, 1.54) is 25.7 Å². The predicted octanol–water partition coefficient (Wildman–Crippen LogP) is 12.7. The normalized spacial score (nSPS) is 11.9. The molecule has 0 spiro atoms. The van der Waals surface area contributed by atoms with E-state index in [4.69, 9.17) is 23.8 Å². The number of para-hydroxylation sites is 1. The second-order valence-electron chi connectivity index (χ2n) is 12.8. The van der Waals surface area contributed by atoms with Crippen molar-refractivity contribution in [2.45, 2.75) is 0 Å². The molecule has 11 rings (SSSR count). The van der Waals surface area contributed by atoms with Gasteiger partial charge in [0.15, 0.2) is 17.5 Å². The van der Waals surface area contributed by atoms with Crippen LogP contribution in [-0.4, -0.2) is 15.0 Å². The van der Waals surface area contributed by atoms with Crippen LogP contribution in [0.25, 0.3) is 109 Å². The van der Waals surface area contributed by atoms with E-state index in [0.717, 1.165) is 66.1 Å². The first-order valence-electron chi connectivity index (χ1n) is 16.8. The van der Waals surface area contributed by atoms with E-state index in [9.17, 15) is 0 Å². The third-order valence-electron chi connectivity index (χ3n) is 9.75. The number of rotatable bonds is 4. The molecule has 0 unspecified atom stereocenters. The molecule has 0 bridgehead atoms. The van der Waals surface area contributed by atoms with Gasteiger partial charge in [-0.3, -0.25) is 0 Å². The maximum absolute atomic E-state index is 6.47. The number of furan rings is 2. The lowest BCUT2D eigenvalue weighted by molar-refractivity contribution is 0.668. The van der Waals surface area contributed by atoms with Crippen LogP contribution in [0, 0.1) is 0 Å². The van der Waals surface area contributed by atoms with E-state index >= 15 is 0 Å². The maximum Gasteiger partial charge on any atom is 0.164 e. The Hall–Kier alpha value is -6.63. The monoisotopic (exact) mass is 671 g/mol. The zero-order valence-electron chi connectivity index (χ0n) is 27.0. The molecule has 11 aromatic rings. The van der Waals surface area contributed by atoms with E-state index in [1.807, 2.05) is 84.1 Å². The van der Waals surface area contributed by atoms with Gasteiger partial charge in [-0.2, -0.15) is 0 Å². The second-order valence-corrected chi connectivity index (χ2v) is 13.8. The van der Waals surface area contributed by atoms with E-state index < -0.39 is 0 Å². The van der Waals surface area contributed by atoms with Crippen molar-refractivity contribution in [2.24, 2.45) is 0 Å². The number of fused-ring (bicyclic) bond motifs is 9. The fourth-order valence-electron chi connectivity index (χ4n) is 7.37. The summed E-state index contributed by atoms with van der Waals surface area (Å²) in [5.74, 6) is 1.77. The summed E-state index contributed by atoms with van der Waals surface area (Å²) in [5.41, 5.74) is 8.31. The van der Waals surface area contributed by atoms with Gasteiger partial charge in [0.1, 0.15) is 22.3 Å². The highest BCUT2D eigenvalue weighted by atomic mass is 32.1. The molecule has 0 aliphatic rings. The number of benzene rings is 7. The Balaban J connectivity index is 1.11. The first-order valence-corrected chi connectivity index (χ1v) is 17.7. The number of hydrogen-bond donors (Lipinski definition) is 0. The lowest BCUT2D eigenvalue weighted by Gasteiger charge is -2.09. The molecular formula is C45H25N3O2S. The summed E-state index contributed by atoms with van der Waals surface area (Å²) in [5, 5.41) is 6.79. The quantitative estimate of drug-likeness (QED) is 0.186. The minimum Gasteiger partial charge on any atom is -0.456 e. The SMILES string of the molecule is c1ccc(-c2nc(-c3ccc4c(c3)oc3ccccc34)nc(-c3ccc4oc5cccc(-c6cccc7c6sc6ccccc67)c5c4c3)n2)cc1. The van der Waals surface area contributed by atoms with Gasteiger partial charge in [-0.1, -0.05) is 103 Å². The van der Waals surface area contributed by atoms with Crippen LogP contribution in [0.1, 0.15) is 0 Å². The van der Waals surface area contributed by atoms with Crippen LogP contribution in [0.3, 0.4) is 0 Å². The Morgan fingerprint density at radius 3 is 1.86 bits per heavy atom. The summed E-state index contributed by atoms with van der Waals surface area (Å²) in [6.07, 6.45) is 0. The molecule has 0 saturated carbocycles. The molecule has 0 aliphatic heterocycles. The van der Waals surface area contributed by atoms with Crippen LogP contribution >= 0.6 is 11.3 Å². The van der Waals surface area contributed by atoms with E-state index in [2.05, 4.69) is 78.9 Å². The summed E-state index contributed by atoms with van der Waals surface area (Å²) in [7, 11) is 0. The molecule has 7 aromatic carbocycles. The van der Waals surface area contributed by atoms with Crippen LogP contribution in [0.4, 0.5) is 0 Å². The van der Waals surface area contributed by atoms with Crippen LogP contribution in [0.2, 0.25) is 0 Å². The molecule has 0 N–H and O–H groups in total. The van der Waals surface area contributed by atoms with Gasteiger partial charge in [0.05, 0.1) is 0 Å². The third kappa shape index (κ3) is 4.43. The number of aromatic nitrogens is 3. The molecule has 6 heteroatoms. The van der Waals surface area contributed by atoms with Crippen molar-refractivity contribution in [1.82, 2.24) is 15.0 Å². The van der Waals surface area contributed by atoms with E-state index in [1.54, 1.807) is 0 Å². The van der Waals surface area contributed by atoms with E-state index in [-0.39, 0.29) is 0 Å². The molecule has 0 fully saturated rings. The summed E-state index contributed by atoms with van der Waals surface area (Å²) in [6.45, 7) is 0. The minimum atomic E-state index is 0.579. The molecule has 0 atom stereocenters. The average Bonchev–Trinajstić information content (AvgIpc) is 3.88. The van der Waals surface area contributed by atoms with Crippen molar-refractivity contribution >= 4 is 75.4 Å². The number of nitrogens with zero attached hydrogens (tertiary/aromatic N) is 3. The Bertz CT molecular complexity index is 3160. The third-order valence-corrected chi connectivity index (χ3v) is 11.0. The van der Waals surface area contributed by atoms with Gasteiger partial charge in [-0.25, -0.2) is 15.0 Å². The van der Waals surface area contributed by atoms with Crippen molar-refractivity contribution < 1.29 is 8.83 Å². The maximum atomic E-state index is 6.47. The lowest BCUT2D eigenvalue weighted by Crippen LogP contribution is -2.00. The van der Waals surface area contributed by atoms with Gasteiger partial charge in [0.2, 0.25) is 0 Å². The van der Waals surface area contributed by atoms with Gasteiger partial charge < -0.3 is 8.83 Å². The van der Waals surface area contributed by atoms with Crippen LogP contribution in [-0.2, 0) is 0 Å². The first-order chi connectivity index (χ1) is 25.2. The van der Waals surface area contributed by atoms with Crippen LogP contribution in [0.15, 0.2) is 160 Å². The molecule has 0 saturated heterocycles. The van der Waals surface area contributed by atoms with Gasteiger partial charge in [-0.05, 0) is 54.1 Å². The fraction of sp³-hybridized carbons (Fsp3) is 0. The topological polar surface area (TPSA) is 65.0 Å². The van der Waals surface area contributed by atoms with E-state index in [0.29, 0.717) is 17.5 Å². The Labute approximate surface area is 295 Å². The lowest BCUT2D eigenvalue weighted by atomic mass is 9.97. The van der Waals surface area contributed by atoms with Crippen molar-refractivity contribution in [3.63, 3.8) is 0 Å². The molecule has 0 aliphatic carbocycles. The number of thiophene rings is 1. The van der Waals surface area contributed by atoms with Crippen LogP contribution in [0.5, 0.6) is 0 Å². The standard InChI is InChI=1S/C45H25N3O2S/c1-2-10-26(11-3-1)43-46-44(48-45(47-43)28-20-22-30-29-12-4-6-17-36(29)50-39(30)25-28)27-21-23-37-35(24-27)41-32(14-9-18-38(41)49-37)34-16-8-15-33-31-13-5-7-19-40(31)51-42(33)34/h1-25H. The summed E-state index contributed by atoms with van der Waals surface area (Å²) in [6, 6.07) is 52.1. The zero-order valence-corrected chi connectivity index (χ0v) is 27.8. The van der Waals surface area contributed by atoms with Gasteiger partial charge in [0, 0.05) is 64.0 Å². The van der Waals surface area contributed by atoms with Crippen molar-refractivity contribution in [1.29, 1.82) is 0 Å². The molecule has 0 radical (unpaired) electrons. The van der Waals surface area contributed by atoms with Gasteiger partial charge >= 0.3 is 0 Å². The molecule has 0 amide bonds. The zero-order chi connectivity index (χ0) is 33.5. The molecule has 51 heavy (non-hydrogen) atoms. The van der Waals surface area contributed by atoms with Crippen LogP contribution < -0.4 is 0 Å². The number of hydrogen-bond acceptors (Lipinski definition) is 6. The Morgan fingerprint density at radius 2 is 0.980 bits per heavy atom. The summed E-state index contributed by atoms with van der Waals surface area (Å²) < 4.78 is 15.3. The minimum absolute atomic E-state index is 0.579. The molecular weight excluding hydrogens is 647 g/mol. The van der Waals surface area contributed by atoms with Gasteiger partial charge in [0.25, 0.3) is 0 Å². The molecule has 238 valence electrons. The van der Waals surface area contributed by atoms with Crippen molar-refractivity contribution in [3.05, 3.63) is 152 Å². The van der Waals surface area contributed by atoms with Crippen molar-refractivity contribution in [2.75, 3.05) is 0 Å². The highest BCUT2D eigenvalue weighted by Gasteiger charge is 2.19. The highest BCUT2D eigenvalue weighted by Crippen LogP contribution is 2.44. The predicted molar refractivity (Wildman–Crippen MR) is 209 cm³/mol. The fourth-order valence-corrected chi connectivity index (χ4v) is 8.60. The summed E-state index contributed by atoms with van der Waals surface area (Å²) >= 11 is 1.84. The van der Waals surface area contributed by atoms with Crippen molar-refractivity contribution in [3.8, 4) is 45.3 Å². The second kappa shape index (κ2) is 10.9. The molecule has 4 heterocycles. The van der Waals surface area contributed by atoms with Gasteiger partial charge in [-0.15, -0.1) is 11.3 Å². The smallest absolute Gasteiger partial charge is 0.164 e. The largest absolute Gasteiger partial charge is 0.456 e. The summed E-state index contributed by atoms with van der Waals surface area (Å²) in [4.78, 5) is 15.1. The first kappa shape index (κ1) is 28.2. The molecule has 5 nitrogen and oxygen atoms in total.